The predicted molar refractivity (Wildman–Crippen MR) is 69.8 cm³/mol. The molecule has 1 atom stereocenters. The molecule has 0 aromatic carbocycles. The van der Waals surface area contributed by atoms with Crippen LogP contribution in [0.5, 0.6) is 0 Å². The summed E-state index contributed by atoms with van der Waals surface area (Å²) >= 11 is 0. The van der Waals surface area contributed by atoms with Crippen LogP contribution in [0.1, 0.15) is 39.0 Å². The fraction of sp³-hybridized carbons (Fsp3) is 0.786. The maximum absolute atomic E-state index is 12.7. The molecular formula is C14H20N2O4. The maximum Gasteiger partial charge on any atom is 0.309 e. The van der Waals surface area contributed by atoms with Crippen LogP contribution in [-0.2, 0) is 14.4 Å². The molecule has 0 radical (unpaired) electrons. The summed E-state index contributed by atoms with van der Waals surface area (Å²) in [5.41, 5.74) is -1.14. The molecule has 0 aromatic rings. The third-order valence-electron chi connectivity index (χ3n) is 5.14. The lowest BCUT2D eigenvalue weighted by Gasteiger charge is -2.67. The van der Waals surface area contributed by atoms with Crippen molar-refractivity contribution in [1.29, 1.82) is 0 Å². The number of carboxylic acids is 1. The quantitative estimate of drug-likeness (QED) is 0.782. The van der Waals surface area contributed by atoms with Crippen molar-refractivity contribution in [3.8, 4) is 0 Å². The molecule has 0 aromatic heterocycles. The fourth-order valence-corrected chi connectivity index (χ4v) is 4.07. The van der Waals surface area contributed by atoms with Gasteiger partial charge in [0.25, 0.3) is 0 Å². The zero-order valence-corrected chi connectivity index (χ0v) is 11.6. The highest BCUT2D eigenvalue weighted by Crippen LogP contribution is 2.74. The summed E-state index contributed by atoms with van der Waals surface area (Å²) in [5.74, 6) is -0.879. The van der Waals surface area contributed by atoms with Gasteiger partial charge < -0.3 is 15.3 Å². The summed E-state index contributed by atoms with van der Waals surface area (Å²) in [6.45, 7) is 3.08. The lowest BCUT2D eigenvalue weighted by Crippen LogP contribution is -2.71. The molecule has 20 heavy (non-hydrogen) atoms. The number of hydrogen-bond acceptors (Lipinski definition) is 3. The van der Waals surface area contributed by atoms with E-state index in [1.54, 1.807) is 4.90 Å². The maximum atomic E-state index is 12.7. The van der Waals surface area contributed by atoms with E-state index in [9.17, 15) is 14.4 Å². The van der Waals surface area contributed by atoms with E-state index >= 15 is 0 Å². The lowest BCUT2D eigenvalue weighted by molar-refractivity contribution is -0.227. The first-order valence-electron chi connectivity index (χ1n) is 7.26. The Morgan fingerprint density at radius 2 is 2.00 bits per heavy atom. The van der Waals surface area contributed by atoms with E-state index in [0.29, 0.717) is 38.8 Å². The van der Waals surface area contributed by atoms with E-state index in [4.69, 9.17) is 5.11 Å². The Morgan fingerprint density at radius 3 is 2.55 bits per heavy atom. The first-order chi connectivity index (χ1) is 9.44. The van der Waals surface area contributed by atoms with E-state index in [1.165, 1.54) is 0 Å². The molecule has 1 heterocycles. The summed E-state index contributed by atoms with van der Waals surface area (Å²) in [5, 5.41) is 12.0. The van der Waals surface area contributed by atoms with Crippen molar-refractivity contribution in [1.82, 2.24) is 10.2 Å². The lowest BCUT2D eigenvalue weighted by atomic mass is 9.34. The Morgan fingerprint density at radius 1 is 1.35 bits per heavy atom. The molecule has 4 rings (SSSR count). The standard InChI is InChI=1S/C14H20N2O4/c1-2-9-10(17)15-4-3-5-16(9)11(18)13-6-14(7-13,8-13)12(19)20/h9H,2-8H2,1H3,(H,15,17)(H,19,20). The molecule has 3 saturated carbocycles. The normalized spacial score (nSPS) is 39.1. The number of carbonyl (C=O) groups excluding carboxylic acids is 2. The minimum absolute atomic E-state index is 0.00970. The molecule has 1 unspecified atom stereocenters. The zero-order chi connectivity index (χ0) is 14.5. The number of carboxylic acid groups (broad SMARTS) is 1. The van der Waals surface area contributed by atoms with Gasteiger partial charge in [-0.25, -0.2) is 0 Å². The van der Waals surface area contributed by atoms with Crippen molar-refractivity contribution in [2.45, 2.75) is 45.1 Å². The number of amides is 2. The highest BCUT2D eigenvalue weighted by Gasteiger charge is 2.76. The number of hydrogen-bond donors (Lipinski definition) is 2. The summed E-state index contributed by atoms with van der Waals surface area (Å²) in [7, 11) is 0. The van der Waals surface area contributed by atoms with Gasteiger partial charge in [0, 0.05) is 13.1 Å². The molecule has 3 aliphatic carbocycles. The second kappa shape index (κ2) is 4.20. The van der Waals surface area contributed by atoms with Gasteiger partial charge >= 0.3 is 5.97 Å². The molecule has 110 valence electrons. The van der Waals surface area contributed by atoms with Crippen LogP contribution in [-0.4, -0.2) is 46.9 Å². The highest BCUT2D eigenvalue weighted by atomic mass is 16.4. The molecule has 2 bridgehead atoms. The minimum atomic E-state index is -0.784. The monoisotopic (exact) mass is 280 g/mol. The molecule has 0 spiro atoms. The molecule has 2 N–H and O–H groups in total. The van der Waals surface area contributed by atoms with Gasteiger partial charge in [-0.1, -0.05) is 6.92 Å². The topological polar surface area (TPSA) is 86.7 Å². The van der Waals surface area contributed by atoms with Gasteiger partial charge in [-0.05, 0) is 32.1 Å². The largest absolute Gasteiger partial charge is 0.481 e. The fourth-order valence-electron chi connectivity index (χ4n) is 4.07. The number of nitrogens with one attached hydrogen (secondary N) is 1. The molecule has 1 saturated heterocycles. The average molecular weight is 280 g/mol. The molecular weight excluding hydrogens is 260 g/mol. The summed E-state index contributed by atoms with van der Waals surface area (Å²) in [6, 6.07) is -0.403. The molecule has 4 aliphatic rings. The van der Waals surface area contributed by atoms with Crippen molar-refractivity contribution in [3.63, 3.8) is 0 Å². The van der Waals surface area contributed by atoms with Crippen LogP contribution in [0.2, 0.25) is 0 Å². The highest BCUT2D eigenvalue weighted by molar-refractivity contribution is 5.96. The number of nitrogens with zero attached hydrogens (tertiary/aromatic N) is 1. The number of carbonyl (C=O) groups is 3. The third-order valence-corrected chi connectivity index (χ3v) is 5.14. The van der Waals surface area contributed by atoms with Crippen molar-refractivity contribution >= 4 is 17.8 Å². The number of aliphatic carboxylic acids is 1. The van der Waals surface area contributed by atoms with Gasteiger partial charge in [0.1, 0.15) is 6.04 Å². The average Bonchev–Trinajstić information content (AvgIpc) is 2.46. The first-order valence-corrected chi connectivity index (χ1v) is 7.26. The third kappa shape index (κ3) is 1.60. The Kier molecular flexibility index (Phi) is 2.81. The van der Waals surface area contributed by atoms with Gasteiger partial charge in [0.2, 0.25) is 11.8 Å². The molecule has 6 heteroatoms. The SMILES string of the molecule is CCC1C(=O)NCCCN1C(=O)C12CC(C(=O)O)(C1)C2. The van der Waals surface area contributed by atoms with Crippen LogP contribution in [0.4, 0.5) is 0 Å². The van der Waals surface area contributed by atoms with E-state index in [2.05, 4.69) is 5.32 Å². The van der Waals surface area contributed by atoms with Crippen LogP contribution in [0.25, 0.3) is 0 Å². The Bertz CT molecular complexity index is 468. The Hall–Kier alpha value is -1.59. The predicted octanol–water partition coefficient (Wildman–Crippen LogP) is 0.368. The molecule has 6 nitrogen and oxygen atoms in total. The minimum Gasteiger partial charge on any atom is -0.481 e. The van der Waals surface area contributed by atoms with E-state index in [-0.39, 0.29) is 11.8 Å². The van der Waals surface area contributed by atoms with Crippen molar-refractivity contribution in [3.05, 3.63) is 0 Å². The second-order valence-electron chi connectivity index (χ2n) is 6.46. The van der Waals surface area contributed by atoms with Crippen LogP contribution in [0.3, 0.4) is 0 Å². The first kappa shape index (κ1) is 13.4. The van der Waals surface area contributed by atoms with Crippen LogP contribution in [0, 0.1) is 10.8 Å². The number of rotatable bonds is 3. The van der Waals surface area contributed by atoms with Gasteiger partial charge in [0.15, 0.2) is 0 Å². The van der Waals surface area contributed by atoms with Crippen LogP contribution in [0.15, 0.2) is 0 Å². The van der Waals surface area contributed by atoms with Crippen molar-refractivity contribution < 1.29 is 19.5 Å². The van der Waals surface area contributed by atoms with Gasteiger partial charge in [-0.3, -0.25) is 14.4 Å². The van der Waals surface area contributed by atoms with Crippen LogP contribution < -0.4 is 5.32 Å². The molecule has 4 fully saturated rings. The van der Waals surface area contributed by atoms with Gasteiger partial charge in [-0.2, -0.15) is 0 Å². The smallest absolute Gasteiger partial charge is 0.309 e. The second-order valence-corrected chi connectivity index (χ2v) is 6.46. The van der Waals surface area contributed by atoms with Crippen LogP contribution >= 0.6 is 0 Å². The molecule has 2 amide bonds. The molecule has 1 aliphatic heterocycles. The summed E-state index contributed by atoms with van der Waals surface area (Å²) < 4.78 is 0. The van der Waals surface area contributed by atoms with E-state index < -0.39 is 22.8 Å². The van der Waals surface area contributed by atoms with Gasteiger partial charge in [-0.15, -0.1) is 0 Å². The van der Waals surface area contributed by atoms with Crippen molar-refractivity contribution in [2.75, 3.05) is 13.1 Å². The Labute approximate surface area is 117 Å². The Balaban J connectivity index is 1.74. The summed E-state index contributed by atoms with van der Waals surface area (Å²) in [6.07, 6.45) is 2.69. The van der Waals surface area contributed by atoms with E-state index in [0.717, 1.165) is 6.42 Å². The van der Waals surface area contributed by atoms with Gasteiger partial charge in [0.05, 0.1) is 10.8 Å². The van der Waals surface area contributed by atoms with Crippen molar-refractivity contribution in [2.24, 2.45) is 10.8 Å². The van der Waals surface area contributed by atoms with E-state index in [1.807, 2.05) is 6.92 Å². The summed E-state index contributed by atoms with van der Waals surface area (Å²) in [4.78, 5) is 37.5. The zero-order valence-electron chi connectivity index (χ0n) is 11.6.